The van der Waals surface area contributed by atoms with E-state index >= 15 is 0 Å². The number of rotatable bonds is 7. The lowest BCUT2D eigenvalue weighted by Crippen LogP contribution is -2.52. The first-order valence-electron chi connectivity index (χ1n) is 11.5. The van der Waals surface area contributed by atoms with Crippen LogP contribution in [-0.4, -0.2) is 53.4 Å². The maximum atomic E-state index is 11.3. The highest BCUT2D eigenvalue weighted by atomic mass is 35.5. The standard InChI is InChI=1S/C27H29ClN4O3/c1-27(34,21-5-8-23(17-33)30-15-21)18-31-11-12-32(25-10-9-24(35-2)13-20(25)14-29)26(16-31)19-3-6-22(28)7-4-19/h3-10,13,15,26,33-34H,11-12,16-18H2,1-2H3/t26-,27+/m0/s1. The summed E-state index contributed by atoms with van der Waals surface area (Å²) in [5.41, 5.74) is 2.62. The topological polar surface area (TPSA) is 92.8 Å². The lowest BCUT2D eigenvalue weighted by atomic mass is 9.94. The smallest absolute Gasteiger partial charge is 0.120 e. The summed E-state index contributed by atoms with van der Waals surface area (Å²) in [5, 5.41) is 31.0. The number of hydrogen-bond donors (Lipinski definition) is 2. The van der Waals surface area contributed by atoms with Gasteiger partial charge in [-0.05, 0) is 48.9 Å². The van der Waals surface area contributed by atoms with E-state index in [1.807, 2.05) is 42.5 Å². The Morgan fingerprint density at radius 2 is 1.94 bits per heavy atom. The second kappa shape index (κ2) is 10.6. The number of nitrogens with zero attached hydrogens (tertiary/aromatic N) is 4. The van der Waals surface area contributed by atoms with Crippen LogP contribution in [0.1, 0.15) is 35.3 Å². The van der Waals surface area contributed by atoms with E-state index in [4.69, 9.17) is 16.3 Å². The third-order valence-corrected chi connectivity index (χ3v) is 6.74. The zero-order valence-electron chi connectivity index (χ0n) is 19.9. The second-order valence-corrected chi connectivity index (χ2v) is 9.40. The van der Waals surface area contributed by atoms with Crippen molar-refractivity contribution < 1.29 is 14.9 Å². The van der Waals surface area contributed by atoms with Crippen LogP contribution in [0.4, 0.5) is 5.69 Å². The summed E-state index contributed by atoms with van der Waals surface area (Å²) in [6.07, 6.45) is 1.62. The van der Waals surface area contributed by atoms with E-state index in [9.17, 15) is 15.5 Å². The largest absolute Gasteiger partial charge is 0.497 e. The summed E-state index contributed by atoms with van der Waals surface area (Å²) in [6.45, 7) is 4.09. The third kappa shape index (κ3) is 5.58. The molecule has 4 rings (SSSR count). The van der Waals surface area contributed by atoms with E-state index in [1.165, 1.54) is 0 Å². The molecule has 3 aromatic rings. The predicted molar refractivity (Wildman–Crippen MR) is 135 cm³/mol. The van der Waals surface area contributed by atoms with Crippen molar-refractivity contribution in [1.82, 2.24) is 9.88 Å². The van der Waals surface area contributed by atoms with Gasteiger partial charge >= 0.3 is 0 Å². The molecule has 0 bridgehead atoms. The summed E-state index contributed by atoms with van der Waals surface area (Å²) in [6, 6.07) is 19.1. The predicted octanol–water partition coefficient (Wildman–Crippen LogP) is 3.88. The Balaban J connectivity index is 1.62. The third-order valence-electron chi connectivity index (χ3n) is 6.49. The first kappa shape index (κ1) is 25.0. The van der Waals surface area contributed by atoms with Crippen LogP contribution in [0, 0.1) is 11.3 Å². The Morgan fingerprint density at radius 3 is 2.57 bits per heavy atom. The number of ether oxygens (including phenoxy) is 1. The van der Waals surface area contributed by atoms with E-state index in [2.05, 4.69) is 20.9 Å². The van der Waals surface area contributed by atoms with E-state index in [0.717, 1.165) is 11.3 Å². The van der Waals surface area contributed by atoms with Gasteiger partial charge in [0.05, 0.1) is 36.7 Å². The van der Waals surface area contributed by atoms with Crippen molar-refractivity contribution in [3.05, 3.63) is 88.2 Å². The highest BCUT2D eigenvalue weighted by molar-refractivity contribution is 6.30. The Labute approximate surface area is 210 Å². The molecule has 0 radical (unpaired) electrons. The molecule has 35 heavy (non-hydrogen) atoms. The molecular formula is C27H29ClN4O3. The molecule has 2 atom stereocenters. The Bertz CT molecular complexity index is 1190. The molecule has 1 aliphatic rings. The normalized spacial score (nSPS) is 18.1. The number of nitriles is 1. The molecule has 182 valence electrons. The first-order chi connectivity index (χ1) is 16.8. The maximum Gasteiger partial charge on any atom is 0.120 e. The minimum Gasteiger partial charge on any atom is -0.497 e. The quantitative estimate of drug-likeness (QED) is 0.517. The molecule has 1 aromatic heterocycles. The number of aromatic nitrogens is 1. The molecule has 1 aliphatic heterocycles. The summed E-state index contributed by atoms with van der Waals surface area (Å²) in [5.74, 6) is 0.642. The van der Waals surface area contributed by atoms with Gasteiger partial charge in [0.1, 0.15) is 17.4 Å². The number of piperazine rings is 1. The van der Waals surface area contributed by atoms with Gasteiger partial charge in [0.15, 0.2) is 0 Å². The van der Waals surface area contributed by atoms with E-state index in [1.54, 1.807) is 32.4 Å². The fourth-order valence-corrected chi connectivity index (χ4v) is 4.71. The monoisotopic (exact) mass is 492 g/mol. The summed E-state index contributed by atoms with van der Waals surface area (Å²) >= 11 is 6.15. The molecular weight excluding hydrogens is 464 g/mol. The number of pyridine rings is 1. The highest BCUT2D eigenvalue weighted by Crippen LogP contribution is 2.35. The van der Waals surface area contributed by atoms with E-state index in [0.29, 0.717) is 53.8 Å². The molecule has 2 aromatic carbocycles. The second-order valence-electron chi connectivity index (χ2n) is 8.96. The van der Waals surface area contributed by atoms with Gasteiger partial charge in [-0.1, -0.05) is 29.8 Å². The maximum absolute atomic E-state index is 11.3. The molecule has 0 saturated carbocycles. The van der Waals surface area contributed by atoms with Crippen LogP contribution in [0.25, 0.3) is 0 Å². The Kier molecular flexibility index (Phi) is 7.58. The molecule has 1 saturated heterocycles. The van der Waals surface area contributed by atoms with Crippen molar-refractivity contribution in [3.8, 4) is 11.8 Å². The van der Waals surface area contributed by atoms with Crippen molar-refractivity contribution in [2.75, 3.05) is 38.2 Å². The highest BCUT2D eigenvalue weighted by Gasteiger charge is 2.34. The zero-order valence-corrected chi connectivity index (χ0v) is 20.6. The van der Waals surface area contributed by atoms with Crippen LogP contribution in [0.2, 0.25) is 5.02 Å². The molecule has 0 aliphatic carbocycles. The Hall–Kier alpha value is -3.15. The van der Waals surface area contributed by atoms with Crippen LogP contribution in [-0.2, 0) is 12.2 Å². The van der Waals surface area contributed by atoms with Crippen molar-refractivity contribution in [1.29, 1.82) is 5.26 Å². The van der Waals surface area contributed by atoms with Gasteiger partial charge in [0, 0.05) is 43.0 Å². The van der Waals surface area contributed by atoms with E-state index in [-0.39, 0.29) is 12.6 Å². The van der Waals surface area contributed by atoms with Crippen molar-refractivity contribution in [3.63, 3.8) is 0 Å². The van der Waals surface area contributed by atoms with Gasteiger partial charge in [-0.25, -0.2) is 0 Å². The molecule has 7 nitrogen and oxygen atoms in total. The van der Waals surface area contributed by atoms with Gasteiger partial charge in [0.25, 0.3) is 0 Å². The van der Waals surface area contributed by atoms with Gasteiger partial charge in [0.2, 0.25) is 0 Å². The van der Waals surface area contributed by atoms with Crippen LogP contribution in [0.15, 0.2) is 60.8 Å². The fraction of sp³-hybridized carbons (Fsp3) is 0.333. The van der Waals surface area contributed by atoms with Crippen LogP contribution < -0.4 is 9.64 Å². The molecule has 0 amide bonds. The fourth-order valence-electron chi connectivity index (χ4n) is 4.59. The molecule has 2 N–H and O–H groups in total. The number of halogens is 1. The zero-order chi connectivity index (χ0) is 25.0. The number of aliphatic hydroxyl groups excluding tert-OH is 1. The lowest BCUT2D eigenvalue weighted by molar-refractivity contribution is 0.00996. The minimum absolute atomic E-state index is 0.0489. The Morgan fingerprint density at radius 1 is 1.17 bits per heavy atom. The lowest BCUT2D eigenvalue weighted by Gasteiger charge is -2.45. The van der Waals surface area contributed by atoms with E-state index < -0.39 is 5.60 Å². The van der Waals surface area contributed by atoms with Crippen LogP contribution >= 0.6 is 11.6 Å². The molecule has 0 unspecified atom stereocenters. The van der Waals surface area contributed by atoms with Gasteiger partial charge in [-0.3, -0.25) is 9.88 Å². The van der Waals surface area contributed by atoms with Gasteiger partial charge in [-0.15, -0.1) is 0 Å². The number of aliphatic hydroxyl groups is 2. The van der Waals surface area contributed by atoms with Crippen molar-refractivity contribution in [2.24, 2.45) is 0 Å². The van der Waals surface area contributed by atoms with Gasteiger partial charge in [-0.2, -0.15) is 5.26 Å². The molecule has 0 spiro atoms. The minimum atomic E-state index is -1.12. The SMILES string of the molecule is COc1ccc(N2CCN(C[C@@](C)(O)c3ccc(CO)nc3)C[C@H]2c2ccc(Cl)cc2)c(C#N)c1. The number of methoxy groups -OCH3 is 1. The van der Waals surface area contributed by atoms with Crippen LogP contribution in [0.3, 0.4) is 0 Å². The molecule has 2 heterocycles. The summed E-state index contributed by atoms with van der Waals surface area (Å²) in [4.78, 5) is 8.69. The number of benzene rings is 2. The number of hydrogen-bond acceptors (Lipinski definition) is 7. The van der Waals surface area contributed by atoms with Crippen LogP contribution in [0.5, 0.6) is 5.75 Å². The molecule has 8 heteroatoms. The summed E-state index contributed by atoms with van der Waals surface area (Å²) in [7, 11) is 1.59. The molecule has 1 fully saturated rings. The van der Waals surface area contributed by atoms with Crippen molar-refractivity contribution >= 4 is 17.3 Å². The summed E-state index contributed by atoms with van der Waals surface area (Å²) < 4.78 is 5.31. The average molecular weight is 493 g/mol. The van der Waals surface area contributed by atoms with Crippen molar-refractivity contribution in [2.45, 2.75) is 25.2 Å². The number of β-amino-alcohol motifs (C(OH)–C–C–N with tert-alkyl or cyclic N) is 1. The van der Waals surface area contributed by atoms with Gasteiger partial charge < -0.3 is 19.8 Å². The number of anilines is 1. The first-order valence-corrected chi connectivity index (χ1v) is 11.8. The average Bonchev–Trinajstić information content (AvgIpc) is 2.88.